The first-order valence-corrected chi connectivity index (χ1v) is 7.04. The second kappa shape index (κ2) is 5.57. The quantitative estimate of drug-likeness (QED) is 0.763. The minimum Gasteiger partial charge on any atom is -0.441 e. The molecule has 1 heterocycles. The molecule has 1 aliphatic heterocycles. The van der Waals surface area contributed by atoms with E-state index in [4.69, 9.17) is 4.74 Å². The summed E-state index contributed by atoms with van der Waals surface area (Å²) in [6, 6.07) is 15.8. The third-order valence-electron chi connectivity index (χ3n) is 3.85. The molecule has 0 aromatic heterocycles. The fourth-order valence-electron chi connectivity index (χ4n) is 2.73. The molecule has 0 unspecified atom stereocenters. The van der Waals surface area contributed by atoms with Crippen molar-refractivity contribution in [2.24, 2.45) is 0 Å². The zero-order chi connectivity index (χ0) is 16.5. The number of carbonyl (C=O) groups is 1. The van der Waals surface area contributed by atoms with Gasteiger partial charge in [0.2, 0.25) is 5.60 Å². The molecule has 23 heavy (non-hydrogen) atoms. The Bertz CT molecular complexity index is 736. The van der Waals surface area contributed by atoms with Crippen LogP contribution in [0.4, 0.5) is 13.2 Å². The van der Waals surface area contributed by atoms with Gasteiger partial charge in [-0.3, -0.25) is 0 Å². The monoisotopic (exact) mass is 318 g/mol. The lowest BCUT2D eigenvalue weighted by Gasteiger charge is -2.38. The molecule has 2 aromatic carbocycles. The van der Waals surface area contributed by atoms with E-state index < -0.39 is 24.2 Å². The number of hydrogen-bond acceptors (Lipinski definition) is 2. The van der Waals surface area contributed by atoms with Crippen LogP contribution in [0.2, 0.25) is 0 Å². The van der Waals surface area contributed by atoms with Gasteiger partial charge in [-0.05, 0) is 11.1 Å². The first-order chi connectivity index (χ1) is 10.9. The van der Waals surface area contributed by atoms with Gasteiger partial charge in [0.25, 0.3) is 0 Å². The Labute approximate surface area is 131 Å². The van der Waals surface area contributed by atoms with Crippen LogP contribution in [0.1, 0.15) is 17.5 Å². The normalized spacial score (nSPS) is 21.5. The fourth-order valence-corrected chi connectivity index (χ4v) is 2.73. The number of rotatable bonds is 2. The van der Waals surface area contributed by atoms with Gasteiger partial charge in [-0.25, -0.2) is 4.79 Å². The van der Waals surface area contributed by atoms with Gasteiger partial charge in [0.05, 0.1) is 0 Å². The Hall–Kier alpha value is -2.56. The molecule has 0 amide bonds. The predicted molar refractivity (Wildman–Crippen MR) is 79.3 cm³/mol. The third-order valence-corrected chi connectivity index (χ3v) is 3.85. The van der Waals surface area contributed by atoms with E-state index in [-0.39, 0.29) is 5.56 Å². The summed E-state index contributed by atoms with van der Waals surface area (Å²) in [7, 11) is 0. The van der Waals surface area contributed by atoms with Crippen molar-refractivity contribution in [3.05, 3.63) is 77.9 Å². The summed E-state index contributed by atoms with van der Waals surface area (Å²) in [5.74, 6) is -0.990. The van der Waals surface area contributed by atoms with Crippen molar-refractivity contribution < 1.29 is 22.7 Å². The highest BCUT2D eigenvalue weighted by Gasteiger charge is 2.60. The Kier molecular flexibility index (Phi) is 3.72. The van der Waals surface area contributed by atoms with Gasteiger partial charge in [-0.15, -0.1) is 0 Å². The summed E-state index contributed by atoms with van der Waals surface area (Å²) in [5.41, 5.74) is -1.86. The van der Waals surface area contributed by atoms with Gasteiger partial charge in [-0.1, -0.05) is 60.7 Å². The summed E-state index contributed by atoms with van der Waals surface area (Å²) in [5, 5.41) is 0. The summed E-state index contributed by atoms with van der Waals surface area (Å²) >= 11 is 0. The van der Waals surface area contributed by atoms with E-state index in [1.54, 1.807) is 36.4 Å². The van der Waals surface area contributed by atoms with Crippen molar-refractivity contribution >= 4 is 11.5 Å². The van der Waals surface area contributed by atoms with Gasteiger partial charge in [-0.2, -0.15) is 13.2 Å². The summed E-state index contributed by atoms with van der Waals surface area (Å²) in [6.45, 7) is 0. The van der Waals surface area contributed by atoms with Crippen LogP contribution in [0, 0.1) is 0 Å². The largest absolute Gasteiger partial charge is 0.441 e. The molecular weight excluding hydrogens is 305 g/mol. The minimum absolute atomic E-state index is 0.0811. The summed E-state index contributed by atoms with van der Waals surface area (Å²) < 4.78 is 46.4. The maximum atomic E-state index is 13.8. The van der Waals surface area contributed by atoms with Crippen molar-refractivity contribution in [3.63, 3.8) is 0 Å². The van der Waals surface area contributed by atoms with Crippen LogP contribution in [0.5, 0.6) is 0 Å². The standard InChI is InChI=1S/C18H13F3O2/c19-18(20,21)17(15-9-5-2-6-10-15)12-14(11-16(22)23-17)13-7-3-1-4-8-13/h1-11H,12H2/t17-/m1/s1. The van der Waals surface area contributed by atoms with Crippen LogP contribution in [0.25, 0.3) is 5.57 Å². The second-order valence-electron chi connectivity index (χ2n) is 5.32. The molecular formula is C18H13F3O2. The van der Waals surface area contributed by atoms with Gasteiger partial charge in [0, 0.05) is 18.1 Å². The lowest BCUT2D eigenvalue weighted by Crippen LogP contribution is -2.48. The molecule has 118 valence electrons. The smallest absolute Gasteiger partial charge is 0.433 e. The van der Waals surface area contributed by atoms with Crippen LogP contribution < -0.4 is 0 Å². The molecule has 3 rings (SSSR count). The topological polar surface area (TPSA) is 26.3 Å². The third kappa shape index (κ3) is 2.74. The van der Waals surface area contributed by atoms with Crippen molar-refractivity contribution in [1.29, 1.82) is 0 Å². The molecule has 1 atom stereocenters. The molecule has 0 radical (unpaired) electrons. The van der Waals surface area contributed by atoms with Crippen LogP contribution in [-0.2, 0) is 15.1 Å². The second-order valence-corrected chi connectivity index (χ2v) is 5.32. The van der Waals surface area contributed by atoms with Crippen molar-refractivity contribution in [2.75, 3.05) is 0 Å². The van der Waals surface area contributed by atoms with Crippen LogP contribution >= 0.6 is 0 Å². The van der Waals surface area contributed by atoms with E-state index in [2.05, 4.69) is 0 Å². The Balaban J connectivity index is 2.12. The van der Waals surface area contributed by atoms with Crippen molar-refractivity contribution in [3.8, 4) is 0 Å². The van der Waals surface area contributed by atoms with Crippen molar-refractivity contribution in [1.82, 2.24) is 0 Å². The zero-order valence-corrected chi connectivity index (χ0v) is 12.0. The van der Waals surface area contributed by atoms with Crippen LogP contribution in [0.15, 0.2) is 66.7 Å². The van der Waals surface area contributed by atoms with Gasteiger partial charge in [0.1, 0.15) is 0 Å². The molecule has 0 N–H and O–H groups in total. The molecule has 0 bridgehead atoms. The van der Waals surface area contributed by atoms with Gasteiger partial charge in [0.15, 0.2) is 0 Å². The summed E-state index contributed by atoms with van der Waals surface area (Å²) in [6.07, 6.45) is -4.04. The SMILES string of the molecule is O=C1C=C(c2ccccc2)C[C@@](c2ccccc2)(C(F)(F)F)O1. The molecule has 0 spiro atoms. The van der Waals surface area contributed by atoms with E-state index in [9.17, 15) is 18.0 Å². The van der Waals surface area contributed by atoms with E-state index in [0.29, 0.717) is 11.1 Å². The first kappa shape index (κ1) is 15.3. The fraction of sp³-hybridized carbons (Fsp3) is 0.167. The molecule has 1 aliphatic rings. The lowest BCUT2D eigenvalue weighted by molar-refractivity contribution is -0.274. The average Bonchev–Trinajstić information content (AvgIpc) is 2.55. The number of benzene rings is 2. The highest BCUT2D eigenvalue weighted by Crippen LogP contribution is 2.50. The van der Waals surface area contributed by atoms with E-state index in [1.807, 2.05) is 0 Å². The highest BCUT2D eigenvalue weighted by molar-refractivity contribution is 5.93. The number of esters is 1. The Morgan fingerprint density at radius 2 is 1.48 bits per heavy atom. The molecule has 0 fully saturated rings. The maximum Gasteiger partial charge on any atom is 0.433 e. The number of hydrogen-bond donors (Lipinski definition) is 0. The first-order valence-electron chi connectivity index (χ1n) is 7.04. The number of alkyl halides is 3. The minimum atomic E-state index is -4.72. The lowest BCUT2D eigenvalue weighted by atomic mass is 9.82. The predicted octanol–water partition coefficient (Wildman–Crippen LogP) is 4.47. The zero-order valence-electron chi connectivity index (χ0n) is 12.0. The molecule has 2 aromatic rings. The van der Waals surface area contributed by atoms with Gasteiger partial charge < -0.3 is 4.74 Å². The number of carbonyl (C=O) groups excluding carboxylic acids is 1. The molecule has 5 heteroatoms. The number of cyclic esters (lactones) is 1. The number of halogens is 3. The van der Waals surface area contributed by atoms with E-state index in [1.165, 1.54) is 24.3 Å². The van der Waals surface area contributed by atoms with Crippen molar-refractivity contribution in [2.45, 2.75) is 18.2 Å². The van der Waals surface area contributed by atoms with Crippen LogP contribution in [-0.4, -0.2) is 12.1 Å². The Morgan fingerprint density at radius 1 is 0.913 bits per heavy atom. The maximum absolute atomic E-state index is 13.8. The van der Waals surface area contributed by atoms with Crippen LogP contribution in [0.3, 0.4) is 0 Å². The highest BCUT2D eigenvalue weighted by atomic mass is 19.4. The van der Waals surface area contributed by atoms with Gasteiger partial charge >= 0.3 is 12.1 Å². The Morgan fingerprint density at radius 3 is 2.04 bits per heavy atom. The van der Waals surface area contributed by atoms with E-state index in [0.717, 1.165) is 6.08 Å². The molecule has 0 saturated carbocycles. The number of ether oxygens (including phenoxy) is 1. The van der Waals surface area contributed by atoms with E-state index >= 15 is 0 Å². The molecule has 0 saturated heterocycles. The summed E-state index contributed by atoms with van der Waals surface area (Å²) in [4.78, 5) is 11.9. The molecule has 0 aliphatic carbocycles. The average molecular weight is 318 g/mol. The molecule has 2 nitrogen and oxygen atoms in total.